The molecule has 5 nitrogen and oxygen atoms in total. The van der Waals surface area contributed by atoms with Gasteiger partial charge in [0.25, 0.3) is 0 Å². The predicted molar refractivity (Wildman–Crippen MR) is 83.9 cm³/mol. The fraction of sp³-hybridized carbons (Fsp3) is 0.375. The maximum atomic E-state index is 13.2. The van der Waals surface area contributed by atoms with Crippen LogP contribution < -0.4 is 16.5 Å². The number of carbonyl (C=O) groups excluding carboxylic acids is 1. The molecule has 4 N–H and O–H groups in total. The number of primary amides is 1. The SMILES string of the molecule is CCCCC(NCc1cc(=O)c2cc(F)ccc2[nH]1)C(N)=O. The monoisotopic (exact) mass is 305 g/mol. The molecule has 1 atom stereocenters. The van der Waals surface area contributed by atoms with Crippen molar-refractivity contribution in [3.05, 3.63) is 46.0 Å². The van der Waals surface area contributed by atoms with Crippen LogP contribution in [-0.2, 0) is 11.3 Å². The fourth-order valence-electron chi connectivity index (χ4n) is 2.36. The van der Waals surface area contributed by atoms with Gasteiger partial charge in [0.05, 0.1) is 6.04 Å². The van der Waals surface area contributed by atoms with Crippen LogP contribution in [0.15, 0.2) is 29.1 Å². The first kappa shape index (κ1) is 16.2. The van der Waals surface area contributed by atoms with Crippen molar-refractivity contribution in [1.82, 2.24) is 10.3 Å². The number of carbonyl (C=O) groups is 1. The van der Waals surface area contributed by atoms with Gasteiger partial charge in [-0.3, -0.25) is 9.59 Å². The smallest absolute Gasteiger partial charge is 0.234 e. The minimum atomic E-state index is -0.447. The highest BCUT2D eigenvalue weighted by Gasteiger charge is 2.14. The standard InChI is InChI=1S/C16H20FN3O2/c1-2-3-4-14(16(18)22)19-9-11-8-15(21)12-7-10(17)5-6-13(12)20-11/h5-8,14,19H,2-4,9H2,1H3,(H2,18,22)(H,20,21). The number of hydrogen-bond acceptors (Lipinski definition) is 3. The van der Waals surface area contributed by atoms with Gasteiger partial charge in [-0.2, -0.15) is 0 Å². The molecule has 22 heavy (non-hydrogen) atoms. The summed E-state index contributed by atoms with van der Waals surface area (Å²) in [5, 5.41) is 3.36. The number of nitrogens with two attached hydrogens (primary N) is 1. The maximum absolute atomic E-state index is 13.2. The molecule has 0 aliphatic carbocycles. The molecule has 1 unspecified atom stereocenters. The summed E-state index contributed by atoms with van der Waals surface area (Å²) in [6.07, 6.45) is 2.53. The molecule has 2 aromatic rings. The van der Waals surface area contributed by atoms with E-state index in [1.54, 1.807) is 0 Å². The van der Waals surface area contributed by atoms with Crippen LogP contribution >= 0.6 is 0 Å². The molecule has 0 fully saturated rings. The van der Waals surface area contributed by atoms with Gasteiger partial charge >= 0.3 is 0 Å². The van der Waals surface area contributed by atoms with Crippen molar-refractivity contribution in [3.8, 4) is 0 Å². The van der Waals surface area contributed by atoms with Crippen LogP contribution in [0.25, 0.3) is 10.9 Å². The molecule has 0 saturated heterocycles. The maximum Gasteiger partial charge on any atom is 0.234 e. The van der Waals surface area contributed by atoms with E-state index < -0.39 is 17.8 Å². The quantitative estimate of drug-likeness (QED) is 0.729. The Morgan fingerprint density at radius 2 is 2.18 bits per heavy atom. The minimum absolute atomic E-state index is 0.255. The zero-order valence-electron chi connectivity index (χ0n) is 12.5. The Bertz CT molecular complexity index is 727. The average Bonchev–Trinajstić information content (AvgIpc) is 2.47. The molecule has 0 saturated carbocycles. The number of nitrogens with one attached hydrogen (secondary N) is 2. The molecular weight excluding hydrogens is 285 g/mol. The number of halogens is 1. The zero-order chi connectivity index (χ0) is 16.1. The number of rotatable bonds is 7. The number of benzene rings is 1. The lowest BCUT2D eigenvalue weighted by molar-refractivity contribution is -0.120. The summed E-state index contributed by atoms with van der Waals surface area (Å²) >= 11 is 0. The molecule has 1 heterocycles. The second-order valence-corrected chi connectivity index (χ2v) is 5.33. The summed E-state index contributed by atoms with van der Waals surface area (Å²) in [5.41, 5.74) is 6.30. The van der Waals surface area contributed by atoms with Crippen molar-refractivity contribution in [2.45, 2.75) is 38.8 Å². The number of fused-ring (bicyclic) bond motifs is 1. The number of hydrogen-bond donors (Lipinski definition) is 3. The van der Waals surface area contributed by atoms with E-state index in [9.17, 15) is 14.0 Å². The lowest BCUT2D eigenvalue weighted by Gasteiger charge is -2.15. The highest BCUT2D eigenvalue weighted by molar-refractivity contribution is 5.80. The van der Waals surface area contributed by atoms with Crippen LogP contribution in [0.4, 0.5) is 4.39 Å². The van der Waals surface area contributed by atoms with Crippen molar-refractivity contribution in [1.29, 1.82) is 0 Å². The van der Waals surface area contributed by atoms with Crippen molar-refractivity contribution in [2.24, 2.45) is 5.73 Å². The molecule has 0 bridgehead atoms. The molecule has 118 valence electrons. The number of aromatic amines is 1. The predicted octanol–water partition coefficient (Wildman–Crippen LogP) is 1.80. The lowest BCUT2D eigenvalue weighted by atomic mass is 10.1. The molecule has 0 aliphatic heterocycles. The normalized spacial score (nSPS) is 12.5. The van der Waals surface area contributed by atoms with E-state index in [4.69, 9.17) is 5.73 Å². The summed E-state index contributed by atoms with van der Waals surface area (Å²) in [6, 6.07) is 5.01. The van der Waals surface area contributed by atoms with Gasteiger partial charge in [0.2, 0.25) is 5.91 Å². The van der Waals surface area contributed by atoms with E-state index in [1.165, 1.54) is 24.3 Å². The molecular formula is C16H20FN3O2. The van der Waals surface area contributed by atoms with E-state index in [0.29, 0.717) is 29.6 Å². The second kappa shape index (κ2) is 7.17. The number of H-pyrrole nitrogens is 1. The highest BCUT2D eigenvalue weighted by Crippen LogP contribution is 2.10. The van der Waals surface area contributed by atoms with Gasteiger partial charge in [0, 0.05) is 29.2 Å². The molecule has 0 aliphatic rings. The molecule has 0 spiro atoms. The van der Waals surface area contributed by atoms with Crippen LogP contribution in [-0.4, -0.2) is 16.9 Å². The first-order valence-corrected chi connectivity index (χ1v) is 7.35. The Morgan fingerprint density at radius 3 is 2.86 bits per heavy atom. The van der Waals surface area contributed by atoms with Crippen LogP contribution in [0.3, 0.4) is 0 Å². The minimum Gasteiger partial charge on any atom is -0.368 e. The molecule has 0 radical (unpaired) electrons. The largest absolute Gasteiger partial charge is 0.368 e. The molecule has 6 heteroatoms. The van der Waals surface area contributed by atoms with Crippen molar-refractivity contribution in [2.75, 3.05) is 0 Å². The Hall–Kier alpha value is -2.21. The van der Waals surface area contributed by atoms with Crippen LogP contribution in [0.2, 0.25) is 0 Å². The fourth-order valence-corrected chi connectivity index (χ4v) is 2.36. The topological polar surface area (TPSA) is 88.0 Å². The van der Waals surface area contributed by atoms with Crippen LogP contribution in [0.1, 0.15) is 31.9 Å². The first-order valence-electron chi connectivity index (χ1n) is 7.35. The summed E-state index contributed by atoms with van der Waals surface area (Å²) in [4.78, 5) is 26.4. The van der Waals surface area contributed by atoms with Crippen LogP contribution in [0, 0.1) is 5.82 Å². The lowest BCUT2D eigenvalue weighted by Crippen LogP contribution is -2.41. The summed E-state index contributed by atoms with van der Waals surface area (Å²) in [6.45, 7) is 2.36. The van der Waals surface area contributed by atoms with E-state index in [1.807, 2.05) is 6.92 Å². The first-order chi connectivity index (χ1) is 10.5. The van der Waals surface area contributed by atoms with Crippen molar-refractivity contribution < 1.29 is 9.18 Å². The van der Waals surface area contributed by atoms with Gasteiger partial charge in [0.1, 0.15) is 5.82 Å². The summed E-state index contributed by atoms with van der Waals surface area (Å²) in [7, 11) is 0. The van der Waals surface area contributed by atoms with E-state index in [0.717, 1.165) is 12.8 Å². The highest BCUT2D eigenvalue weighted by atomic mass is 19.1. The van der Waals surface area contributed by atoms with E-state index >= 15 is 0 Å². The van der Waals surface area contributed by atoms with Gasteiger partial charge in [0.15, 0.2) is 5.43 Å². The van der Waals surface area contributed by atoms with E-state index in [-0.39, 0.29) is 5.43 Å². The molecule has 2 rings (SSSR count). The number of pyridine rings is 1. The van der Waals surface area contributed by atoms with Crippen LogP contribution in [0.5, 0.6) is 0 Å². The van der Waals surface area contributed by atoms with Gasteiger partial charge in [-0.25, -0.2) is 4.39 Å². The Labute approximate surface area is 127 Å². The second-order valence-electron chi connectivity index (χ2n) is 5.33. The third kappa shape index (κ3) is 3.92. The number of unbranched alkanes of at least 4 members (excludes halogenated alkanes) is 1. The van der Waals surface area contributed by atoms with E-state index in [2.05, 4.69) is 10.3 Å². The van der Waals surface area contributed by atoms with Gasteiger partial charge < -0.3 is 16.0 Å². The molecule has 1 aromatic heterocycles. The van der Waals surface area contributed by atoms with Crippen molar-refractivity contribution in [3.63, 3.8) is 0 Å². The number of aromatic nitrogens is 1. The van der Waals surface area contributed by atoms with Crippen molar-refractivity contribution >= 4 is 16.8 Å². The molecule has 1 amide bonds. The Morgan fingerprint density at radius 1 is 1.41 bits per heavy atom. The van der Waals surface area contributed by atoms with Gasteiger partial charge in [-0.05, 0) is 24.6 Å². The summed E-state index contributed by atoms with van der Waals surface area (Å²) < 4.78 is 13.2. The zero-order valence-corrected chi connectivity index (χ0v) is 12.5. The Balaban J connectivity index is 2.16. The number of amides is 1. The van der Waals surface area contributed by atoms with Gasteiger partial charge in [-0.15, -0.1) is 0 Å². The Kier molecular flexibility index (Phi) is 5.27. The van der Waals surface area contributed by atoms with Gasteiger partial charge in [-0.1, -0.05) is 19.8 Å². The molecule has 1 aromatic carbocycles. The average molecular weight is 305 g/mol. The third-order valence-electron chi connectivity index (χ3n) is 3.58. The summed E-state index contributed by atoms with van der Waals surface area (Å²) in [5.74, 6) is -0.851. The third-order valence-corrected chi connectivity index (χ3v) is 3.58.